The van der Waals surface area contributed by atoms with Gasteiger partial charge in [0.05, 0.1) is 4.90 Å². The van der Waals surface area contributed by atoms with Crippen molar-refractivity contribution in [1.29, 1.82) is 0 Å². The molecule has 0 aliphatic carbocycles. The molecule has 0 spiro atoms. The summed E-state index contributed by atoms with van der Waals surface area (Å²) in [7, 11) is -0.688. The summed E-state index contributed by atoms with van der Waals surface area (Å²) in [5.74, 6) is 1.10. The molecule has 29 heavy (non-hydrogen) atoms. The van der Waals surface area contributed by atoms with Crippen molar-refractivity contribution in [2.45, 2.75) is 24.2 Å². The smallest absolute Gasteiger partial charge is 0.251 e. The summed E-state index contributed by atoms with van der Waals surface area (Å²) in [6.07, 6.45) is 0. The van der Waals surface area contributed by atoms with E-state index in [-0.39, 0.29) is 16.2 Å². The van der Waals surface area contributed by atoms with Gasteiger partial charge in [-0.25, -0.2) is 12.7 Å². The Morgan fingerprint density at radius 2 is 1.76 bits per heavy atom. The molecule has 1 aliphatic rings. The van der Waals surface area contributed by atoms with E-state index in [1.165, 1.54) is 26.2 Å². The minimum absolute atomic E-state index is 0.0845. The predicted octanol–water partition coefficient (Wildman–Crippen LogP) is 2.42. The average Bonchev–Trinajstić information content (AvgIpc) is 2.71. The Labute approximate surface area is 171 Å². The van der Waals surface area contributed by atoms with Crippen molar-refractivity contribution in [3.63, 3.8) is 0 Å². The number of amides is 1. The lowest BCUT2D eigenvalue weighted by atomic mass is 9.84. The van der Waals surface area contributed by atoms with Gasteiger partial charge in [-0.1, -0.05) is 26.0 Å². The van der Waals surface area contributed by atoms with Gasteiger partial charge in [0.15, 0.2) is 11.5 Å². The van der Waals surface area contributed by atoms with Crippen LogP contribution in [-0.4, -0.2) is 52.5 Å². The molecule has 0 unspecified atom stereocenters. The number of carbonyl (C=O) groups excluding carboxylic acids is 1. The lowest BCUT2D eigenvalue weighted by Crippen LogP contribution is -2.36. The monoisotopic (exact) mass is 418 g/mol. The molecule has 1 aliphatic heterocycles. The summed E-state index contributed by atoms with van der Waals surface area (Å²) in [5.41, 5.74) is 0.940. The molecule has 0 saturated heterocycles. The van der Waals surface area contributed by atoms with Crippen LogP contribution in [0.25, 0.3) is 0 Å². The molecule has 7 nitrogen and oxygen atoms in total. The first-order valence-corrected chi connectivity index (χ1v) is 10.8. The quantitative estimate of drug-likeness (QED) is 0.779. The van der Waals surface area contributed by atoms with E-state index in [0.29, 0.717) is 31.1 Å². The zero-order chi connectivity index (χ0) is 21.2. The van der Waals surface area contributed by atoms with Gasteiger partial charge < -0.3 is 14.8 Å². The largest absolute Gasteiger partial charge is 0.486 e. The number of fused-ring (bicyclic) bond motifs is 1. The minimum Gasteiger partial charge on any atom is -0.486 e. The second kappa shape index (κ2) is 8.04. The van der Waals surface area contributed by atoms with E-state index < -0.39 is 10.0 Å². The molecule has 0 bridgehead atoms. The van der Waals surface area contributed by atoms with Crippen LogP contribution in [0.4, 0.5) is 0 Å². The molecule has 0 saturated carbocycles. The Bertz CT molecular complexity index is 1020. The molecule has 3 rings (SSSR count). The van der Waals surface area contributed by atoms with Crippen LogP contribution in [0.2, 0.25) is 0 Å². The number of nitrogens with zero attached hydrogens (tertiary/aromatic N) is 1. The number of hydrogen-bond acceptors (Lipinski definition) is 5. The third kappa shape index (κ3) is 4.54. The number of sulfonamides is 1. The van der Waals surface area contributed by atoms with Crippen LogP contribution in [0.15, 0.2) is 47.4 Å². The molecular weight excluding hydrogens is 392 g/mol. The van der Waals surface area contributed by atoms with Crippen LogP contribution in [0.3, 0.4) is 0 Å². The molecule has 8 heteroatoms. The third-order valence-corrected chi connectivity index (χ3v) is 6.70. The van der Waals surface area contributed by atoms with Crippen LogP contribution in [0.5, 0.6) is 11.5 Å². The Hall–Kier alpha value is -2.58. The number of hydrogen-bond donors (Lipinski definition) is 1. The van der Waals surface area contributed by atoms with Gasteiger partial charge in [0, 0.05) is 31.6 Å². The van der Waals surface area contributed by atoms with Crippen molar-refractivity contribution >= 4 is 15.9 Å². The fourth-order valence-corrected chi connectivity index (χ4v) is 3.93. The average molecular weight is 419 g/mol. The highest BCUT2D eigenvalue weighted by atomic mass is 32.2. The fourth-order valence-electron chi connectivity index (χ4n) is 2.98. The van der Waals surface area contributed by atoms with E-state index >= 15 is 0 Å². The van der Waals surface area contributed by atoms with Gasteiger partial charge >= 0.3 is 0 Å². The maximum atomic E-state index is 12.6. The van der Waals surface area contributed by atoms with Crippen molar-refractivity contribution < 1.29 is 22.7 Å². The maximum absolute atomic E-state index is 12.6. The Morgan fingerprint density at radius 1 is 1.07 bits per heavy atom. The summed E-state index contributed by atoms with van der Waals surface area (Å²) in [4.78, 5) is 12.7. The Balaban J connectivity index is 1.73. The van der Waals surface area contributed by atoms with E-state index in [1.54, 1.807) is 12.1 Å². The van der Waals surface area contributed by atoms with Crippen molar-refractivity contribution in [2.24, 2.45) is 0 Å². The number of benzene rings is 2. The van der Waals surface area contributed by atoms with Crippen LogP contribution >= 0.6 is 0 Å². The molecule has 0 fully saturated rings. The van der Waals surface area contributed by atoms with E-state index in [0.717, 1.165) is 15.6 Å². The predicted molar refractivity (Wildman–Crippen MR) is 110 cm³/mol. The molecule has 0 radical (unpaired) electrons. The first-order valence-electron chi connectivity index (χ1n) is 9.32. The lowest BCUT2D eigenvalue weighted by molar-refractivity contribution is 0.0945. The lowest BCUT2D eigenvalue weighted by Gasteiger charge is -2.28. The van der Waals surface area contributed by atoms with Gasteiger partial charge in [0.1, 0.15) is 13.2 Å². The molecule has 156 valence electrons. The van der Waals surface area contributed by atoms with Gasteiger partial charge in [-0.15, -0.1) is 0 Å². The van der Waals surface area contributed by atoms with Gasteiger partial charge in [0.2, 0.25) is 10.0 Å². The third-order valence-electron chi connectivity index (χ3n) is 4.89. The summed E-state index contributed by atoms with van der Waals surface area (Å²) in [6.45, 7) is 5.46. The fraction of sp³-hybridized carbons (Fsp3) is 0.381. The van der Waals surface area contributed by atoms with E-state index in [9.17, 15) is 13.2 Å². The van der Waals surface area contributed by atoms with Crippen LogP contribution < -0.4 is 14.8 Å². The molecule has 1 N–H and O–H groups in total. The van der Waals surface area contributed by atoms with Crippen molar-refractivity contribution in [2.75, 3.05) is 33.9 Å². The zero-order valence-electron chi connectivity index (χ0n) is 17.1. The number of carbonyl (C=O) groups is 1. The molecular formula is C21H26N2O5S. The first-order chi connectivity index (χ1) is 13.6. The van der Waals surface area contributed by atoms with E-state index in [1.807, 2.05) is 32.0 Å². The van der Waals surface area contributed by atoms with Crippen LogP contribution in [-0.2, 0) is 15.4 Å². The summed E-state index contributed by atoms with van der Waals surface area (Å²) in [6, 6.07) is 11.8. The van der Waals surface area contributed by atoms with Gasteiger partial charge in [0.25, 0.3) is 5.91 Å². The second-order valence-electron chi connectivity index (χ2n) is 7.74. The van der Waals surface area contributed by atoms with Crippen LogP contribution in [0, 0.1) is 0 Å². The number of ether oxygens (including phenoxy) is 2. The van der Waals surface area contributed by atoms with E-state index in [4.69, 9.17) is 9.47 Å². The second-order valence-corrected chi connectivity index (χ2v) is 9.89. The molecule has 1 amide bonds. The zero-order valence-corrected chi connectivity index (χ0v) is 17.9. The summed E-state index contributed by atoms with van der Waals surface area (Å²) >= 11 is 0. The van der Waals surface area contributed by atoms with Crippen molar-refractivity contribution in [3.8, 4) is 11.5 Å². The van der Waals surface area contributed by atoms with Gasteiger partial charge in [-0.3, -0.25) is 4.79 Å². The molecule has 0 atom stereocenters. The Kier molecular flexibility index (Phi) is 5.86. The topological polar surface area (TPSA) is 84.9 Å². The van der Waals surface area contributed by atoms with E-state index in [2.05, 4.69) is 5.32 Å². The number of rotatable bonds is 6. The Morgan fingerprint density at radius 3 is 2.45 bits per heavy atom. The highest BCUT2D eigenvalue weighted by molar-refractivity contribution is 7.89. The molecule has 0 aromatic heterocycles. The normalized spacial score (nSPS) is 14.0. The SMILES string of the molecule is CN(C)S(=O)(=O)c1cccc(C(=O)NCC(C)(C)c2ccc3c(c2)OCCO3)c1. The highest BCUT2D eigenvalue weighted by Gasteiger charge is 2.25. The highest BCUT2D eigenvalue weighted by Crippen LogP contribution is 2.35. The van der Waals surface area contributed by atoms with Crippen LogP contribution in [0.1, 0.15) is 29.8 Å². The molecule has 2 aromatic rings. The summed E-state index contributed by atoms with van der Waals surface area (Å²) < 4.78 is 36.9. The summed E-state index contributed by atoms with van der Waals surface area (Å²) in [5, 5.41) is 2.91. The standard InChI is InChI=1S/C21H26N2O5S/c1-21(2,16-8-9-18-19(13-16)28-11-10-27-18)14-22-20(24)15-6-5-7-17(12-15)29(25,26)23(3)4/h5-9,12-13H,10-11,14H2,1-4H3,(H,22,24). The molecule has 1 heterocycles. The maximum Gasteiger partial charge on any atom is 0.251 e. The number of nitrogens with one attached hydrogen (secondary N) is 1. The van der Waals surface area contributed by atoms with Gasteiger partial charge in [-0.05, 0) is 35.9 Å². The van der Waals surface area contributed by atoms with Crippen molar-refractivity contribution in [3.05, 3.63) is 53.6 Å². The first kappa shape index (κ1) is 21.1. The molecule has 2 aromatic carbocycles. The van der Waals surface area contributed by atoms with Gasteiger partial charge in [-0.2, -0.15) is 0 Å². The minimum atomic E-state index is -3.60. The van der Waals surface area contributed by atoms with Crippen molar-refractivity contribution in [1.82, 2.24) is 9.62 Å².